The molecule has 0 aliphatic carbocycles. The standard InChI is InChI=1S/C6H11NO.2C4H7NO/c1-3-5-7-6(8)4-2;2*1-3(2)4(5)6/h4H,2-3,5H2,1H3,(H,7,8);2*1H2,2H3,(H2,5,6). The molecule has 0 fully saturated rings. The van der Waals surface area contributed by atoms with Gasteiger partial charge in [-0.2, -0.15) is 0 Å². The van der Waals surface area contributed by atoms with Gasteiger partial charge in [-0.25, -0.2) is 0 Å². The molecule has 0 saturated heterocycles. The van der Waals surface area contributed by atoms with E-state index in [0.29, 0.717) is 11.1 Å². The van der Waals surface area contributed by atoms with Crippen molar-refractivity contribution in [2.45, 2.75) is 27.2 Å². The van der Waals surface area contributed by atoms with Gasteiger partial charge in [-0.15, -0.1) is 0 Å². The summed E-state index contributed by atoms with van der Waals surface area (Å²) in [5.74, 6) is -0.961. The third kappa shape index (κ3) is 24.7. The molecule has 6 nitrogen and oxygen atoms in total. The third-order valence-corrected chi connectivity index (χ3v) is 1.58. The smallest absolute Gasteiger partial charge is 0.243 e. The molecule has 3 amide bonds. The van der Waals surface area contributed by atoms with Gasteiger partial charge in [0.1, 0.15) is 0 Å². The second kappa shape index (κ2) is 14.7. The summed E-state index contributed by atoms with van der Waals surface area (Å²) in [6.07, 6.45) is 2.25. The first-order valence-corrected chi connectivity index (χ1v) is 5.90. The van der Waals surface area contributed by atoms with Crippen molar-refractivity contribution in [2.75, 3.05) is 6.54 Å². The van der Waals surface area contributed by atoms with Gasteiger partial charge in [-0.05, 0) is 26.3 Å². The van der Waals surface area contributed by atoms with Gasteiger partial charge in [0.25, 0.3) is 0 Å². The fourth-order valence-electron chi connectivity index (χ4n) is 0.320. The van der Waals surface area contributed by atoms with E-state index in [1.807, 2.05) is 6.92 Å². The quantitative estimate of drug-likeness (QED) is 0.648. The first-order valence-electron chi connectivity index (χ1n) is 5.90. The van der Waals surface area contributed by atoms with Crippen LogP contribution in [0.3, 0.4) is 0 Å². The molecule has 0 aliphatic heterocycles. The maximum absolute atomic E-state index is 10.3. The van der Waals surface area contributed by atoms with Crippen LogP contribution in [-0.4, -0.2) is 24.3 Å². The Balaban J connectivity index is -0.000000221. The minimum atomic E-state index is -0.435. The highest BCUT2D eigenvalue weighted by atomic mass is 16.2. The van der Waals surface area contributed by atoms with Crippen LogP contribution in [0, 0.1) is 0 Å². The lowest BCUT2D eigenvalue weighted by atomic mass is 10.3. The Hall–Kier alpha value is -2.37. The van der Waals surface area contributed by atoms with Gasteiger partial charge in [0.05, 0.1) is 0 Å². The normalized spacial score (nSPS) is 7.75. The molecule has 0 aromatic heterocycles. The topological polar surface area (TPSA) is 115 Å². The summed E-state index contributed by atoms with van der Waals surface area (Å²) in [5.41, 5.74) is 10.2. The van der Waals surface area contributed by atoms with Gasteiger partial charge < -0.3 is 16.8 Å². The number of carbonyl (C=O) groups excluding carboxylic acids is 3. The highest BCUT2D eigenvalue weighted by Crippen LogP contribution is 1.78. The van der Waals surface area contributed by atoms with Crippen LogP contribution in [0.25, 0.3) is 0 Å². The van der Waals surface area contributed by atoms with E-state index in [2.05, 4.69) is 25.1 Å². The monoisotopic (exact) mass is 283 g/mol. The SMILES string of the molecule is C=C(C)C(N)=O.C=C(C)C(N)=O.C=CC(=O)NCCC. The van der Waals surface area contributed by atoms with E-state index in [1.54, 1.807) is 13.8 Å². The predicted molar refractivity (Wildman–Crippen MR) is 81.5 cm³/mol. The summed E-state index contributed by atoms with van der Waals surface area (Å²) in [6.45, 7) is 15.7. The Kier molecular flexibility index (Phi) is 16.7. The van der Waals surface area contributed by atoms with E-state index >= 15 is 0 Å². The zero-order chi connectivity index (χ0) is 16.7. The first kappa shape index (κ1) is 22.8. The lowest BCUT2D eigenvalue weighted by Gasteiger charge is -1.94. The van der Waals surface area contributed by atoms with E-state index in [9.17, 15) is 14.4 Å². The van der Waals surface area contributed by atoms with Crippen molar-refractivity contribution in [1.82, 2.24) is 5.32 Å². The molecular formula is C14H25N3O3. The summed E-state index contributed by atoms with van der Waals surface area (Å²) >= 11 is 0. The summed E-state index contributed by atoms with van der Waals surface area (Å²) in [4.78, 5) is 30.0. The van der Waals surface area contributed by atoms with E-state index in [4.69, 9.17) is 11.5 Å². The molecule has 114 valence electrons. The molecular weight excluding hydrogens is 258 g/mol. The zero-order valence-corrected chi connectivity index (χ0v) is 12.5. The van der Waals surface area contributed by atoms with E-state index in [1.165, 1.54) is 6.08 Å². The van der Waals surface area contributed by atoms with Crippen LogP contribution in [0.1, 0.15) is 27.2 Å². The van der Waals surface area contributed by atoms with Crippen LogP contribution < -0.4 is 16.8 Å². The van der Waals surface area contributed by atoms with Crippen molar-refractivity contribution in [3.8, 4) is 0 Å². The van der Waals surface area contributed by atoms with Crippen LogP contribution in [0.5, 0.6) is 0 Å². The molecule has 0 saturated carbocycles. The highest BCUT2D eigenvalue weighted by molar-refractivity contribution is 5.90. The first-order chi connectivity index (χ1) is 9.09. The van der Waals surface area contributed by atoms with Gasteiger partial charge in [0.2, 0.25) is 17.7 Å². The molecule has 0 aromatic rings. The van der Waals surface area contributed by atoms with Crippen LogP contribution in [-0.2, 0) is 14.4 Å². The van der Waals surface area contributed by atoms with Gasteiger partial charge in [0.15, 0.2) is 0 Å². The summed E-state index contributed by atoms with van der Waals surface area (Å²) < 4.78 is 0. The van der Waals surface area contributed by atoms with E-state index in [0.717, 1.165) is 13.0 Å². The molecule has 0 rings (SSSR count). The number of nitrogens with two attached hydrogens (primary N) is 2. The van der Waals surface area contributed by atoms with E-state index < -0.39 is 11.8 Å². The van der Waals surface area contributed by atoms with Crippen molar-refractivity contribution in [2.24, 2.45) is 11.5 Å². The average Bonchev–Trinajstić information content (AvgIpc) is 2.37. The van der Waals surface area contributed by atoms with Gasteiger partial charge in [0, 0.05) is 17.7 Å². The Morgan fingerprint density at radius 3 is 1.50 bits per heavy atom. The molecule has 0 radical (unpaired) electrons. The predicted octanol–water partition coefficient (Wildman–Crippen LogP) is 0.794. The second-order valence-electron chi connectivity index (χ2n) is 3.78. The molecule has 0 heterocycles. The second-order valence-corrected chi connectivity index (χ2v) is 3.78. The van der Waals surface area contributed by atoms with Crippen molar-refractivity contribution in [3.63, 3.8) is 0 Å². The van der Waals surface area contributed by atoms with Gasteiger partial charge >= 0.3 is 0 Å². The number of amides is 3. The minimum Gasteiger partial charge on any atom is -0.366 e. The number of hydrogen-bond acceptors (Lipinski definition) is 3. The summed E-state index contributed by atoms with van der Waals surface area (Å²) in [7, 11) is 0. The maximum atomic E-state index is 10.3. The molecule has 0 bridgehead atoms. The number of primary amides is 2. The molecule has 0 aliphatic rings. The minimum absolute atomic E-state index is 0.0909. The molecule has 0 aromatic carbocycles. The molecule has 0 atom stereocenters. The van der Waals surface area contributed by atoms with Crippen LogP contribution in [0.4, 0.5) is 0 Å². The van der Waals surface area contributed by atoms with E-state index in [-0.39, 0.29) is 5.91 Å². The highest BCUT2D eigenvalue weighted by Gasteiger charge is 1.87. The Morgan fingerprint density at radius 2 is 1.35 bits per heavy atom. The zero-order valence-electron chi connectivity index (χ0n) is 12.5. The molecule has 0 spiro atoms. The van der Waals surface area contributed by atoms with Crippen molar-refractivity contribution in [3.05, 3.63) is 37.0 Å². The largest absolute Gasteiger partial charge is 0.366 e. The van der Waals surface area contributed by atoms with Crippen LogP contribution in [0.15, 0.2) is 37.0 Å². The van der Waals surface area contributed by atoms with Crippen LogP contribution >= 0.6 is 0 Å². The van der Waals surface area contributed by atoms with Crippen LogP contribution in [0.2, 0.25) is 0 Å². The molecule has 6 heteroatoms. The van der Waals surface area contributed by atoms with Crippen molar-refractivity contribution < 1.29 is 14.4 Å². The number of hydrogen-bond donors (Lipinski definition) is 3. The number of nitrogens with one attached hydrogen (secondary N) is 1. The van der Waals surface area contributed by atoms with Crippen molar-refractivity contribution in [1.29, 1.82) is 0 Å². The Morgan fingerprint density at radius 1 is 1.05 bits per heavy atom. The summed E-state index contributed by atoms with van der Waals surface area (Å²) in [5, 5.41) is 2.62. The molecule has 5 N–H and O–H groups in total. The molecule has 20 heavy (non-hydrogen) atoms. The van der Waals surface area contributed by atoms with Gasteiger partial charge in [-0.3, -0.25) is 14.4 Å². The van der Waals surface area contributed by atoms with Crippen molar-refractivity contribution >= 4 is 17.7 Å². The lowest BCUT2D eigenvalue weighted by Crippen LogP contribution is -2.20. The fraction of sp³-hybridized carbons (Fsp3) is 0.357. The number of rotatable bonds is 5. The lowest BCUT2D eigenvalue weighted by molar-refractivity contribution is -0.116. The maximum Gasteiger partial charge on any atom is 0.243 e. The third-order valence-electron chi connectivity index (χ3n) is 1.58. The Bertz CT molecular complexity index is 326. The summed E-state index contributed by atoms with van der Waals surface area (Å²) in [6, 6.07) is 0. The van der Waals surface area contributed by atoms with Gasteiger partial charge in [-0.1, -0.05) is 26.7 Å². The number of carbonyl (C=O) groups is 3. The molecule has 0 unspecified atom stereocenters. The fourth-order valence-corrected chi connectivity index (χ4v) is 0.320. The Labute approximate surface area is 120 Å². The average molecular weight is 283 g/mol.